The number of aromatic nitrogens is 1. The topological polar surface area (TPSA) is 68.5 Å². The number of halogens is 2. The van der Waals surface area contributed by atoms with Crippen molar-refractivity contribution in [3.05, 3.63) is 69.3 Å². The molecule has 1 heterocycles. The van der Waals surface area contributed by atoms with E-state index in [-0.39, 0.29) is 24.5 Å². The van der Waals surface area contributed by atoms with Gasteiger partial charge in [-0.15, -0.1) is 0 Å². The minimum atomic E-state index is -0.894. The average Bonchev–Trinajstić information content (AvgIpc) is 3.01. The summed E-state index contributed by atoms with van der Waals surface area (Å²) in [5.41, 5.74) is 3.60. The molecule has 0 spiro atoms. The molecule has 0 aliphatic heterocycles. The fourth-order valence-corrected chi connectivity index (χ4v) is 4.56. The Kier molecular flexibility index (Phi) is 8.95. The van der Waals surface area contributed by atoms with Gasteiger partial charge < -0.3 is 14.4 Å². The largest absolute Gasteiger partial charge is 0.481 e. The highest BCUT2D eigenvalue weighted by atomic mass is 35.5. The molecule has 0 amide bonds. The smallest absolute Gasteiger partial charge is 0.303 e. The third kappa shape index (κ3) is 6.83. The number of hydrogen-bond acceptors (Lipinski definition) is 3. The minimum absolute atomic E-state index is 0.0312. The molecule has 1 unspecified atom stereocenters. The number of ketones is 1. The van der Waals surface area contributed by atoms with Gasteiger partial charge in [-0.1, -0.05) is 42.3 Å². The molecule has 7 heteroatoms. The first-order valence-corrected chi connectivity index (χ1v) is 11.9. The van der Waals surface area contributed by atoms with Crippen LogP contribution in [-0.2, 0) is 29.6 Å². The zero-order valence-electron chi connectivity index (χ0n) is 18.9. The van der Waals surface area contributed by atoms with E-state index in [9.17, 15) is 9.59 Å². The number of ether oxygens (including phenoxy) is 1. The van der Waals surface area contributed by atoms with Crippen LogP contribution in [0.25, 0.3) is 10.9 Å². The molecule has 0 radical (unpaired) electrons. The van der Waals surface area contributed by atoms with E-state index in [1.807, 2.05) is 54.1 Å². The van der Waals surface area contributed by atoms with Crippen LogP contribution >= 0.6 is 23.2 Å². The second-order valence-electron chi connectivity index (χ2n) is 8.51. The SMILES string of the molecule is CC(CC(=O)O)CC(=O)c1c(CCCCOCc2cccc(Cl)c2)n(C)c2ccc(Cl)cc12. The van der Waals surface area contributed by atoms with E-state index >= 15 is 0 Å². The summed E-state index contributed by atoms with van der Waals surface area (Å²) in [6, 6.07) is 13.2. The molecule has 0 saturated carbocycles. The van der Waals surface area contributed by atoms with E-state index < -0.39 is 5.97 Å². The van der Waals surface area contributed by atoms with Crippen LogP contribution in [0.2, 0.25) is 10.0 Å². The van der Waals surface area contributed by atoms with Gasteiger partial charge in [-0.05, 0) is 61.1 Å². The van der Waals surface area contributed by atoms with Gasteiger partial charge in [0.05, 0.1) is 6.61 Å². The van der Waals surface area contributed by atoms with Crippen molar-refractivity contribution in [3.8, 4) is 0 Å². The summed E-state index contributed by atoms with van der Waals surface area (Å²) in [5, 5.41) is 11.1. The number of benzene rings is 2. The quantitative estimate of drug-likeness (QED) is 0.226. The number of aryl methyl sites for hydroxylation is 1. The molecule has 1 atom stereocenters. The van der Waals surface area contributed by atoms with Crippen molar-refractivity contribution >= 4 is 45.9 Å². The normalized spacial score (nSPS) is 12.2. The monoisotopic (exact) mass is 489 g/mol. The molecule has 0 saturated heterocycles. The number of carbonyl (C=O) groups is 2. The zero-order valence-corrected chi connectivity index (χ0v) is 20.5. The first-order valence-electron chi connectivity index (χ1n) is 11.1. The van der Waals surface area contributed by atoms with Gasteiger partial charge in [0.1, 0.15) is 0 Å². The Labute approximate surface area is 204 Å². The third-order valence-electron chi connectivity index (χ3n) is 5.73. The molecule has 0 fully saturated rings. The minimum Gasteiger partial charge on any atom is -0.481 e. The first-order chi connectivity index (χ1) is 15.8. The number of unbranched alkanes of at least 4 members (excludes halogenated alkanes) is 1. The van der Waals surface area contributed by atoms with Gasteiger partial charge in [0.15, 0.2) is 5.78 Å². The molecule has 0 bridgehead atoms. The van der Waals surface area contributed by atoms with Gasteiger partial charge >= 0.3 is 5.97 Å². The maximum Gasteiger partial charge on any atom is 0.303 e. The maximum atomic E-state index is 13.2. The summed E-state index contributed by atoms with van der Waals surface area (Å²) in [5.74, 6) is -1.17. The van der Waals surface area contributed by atoms with Crippen LogP contribution < -0.4 is 0 Å². The van der Waals surface area contributed by atoms with Crippen molar-refractivity contribution in [2.75, 3.05) is 6.61 Å². The standard InChI is InChI=1S/C26H29Cl2NO4/c1-17(13-25(31)32)12-24(30)26-21-15-20(28)9-10-22(21)29(2)23(26)8-3-4-11-33-16-18-6-5-7-19(27)14-18/h5-7,9-10,14-15,17H,3-4,8,11-13,16H2,1-2H3,(H,31,32). The number of Topliss-reactive ketones (excluding diaryl/α,β-unsaturated/α-hetero) is 1. The second-order valence-corrected chi connectivity index (χ2v) is 9.39. The first kappa shape index (κ1) is 25.3. The van der Waals surface area contributed by atoms with Crippen LogP contribution in [0.4, 0.5) is 0 Å². The van der Waals surface area contributed by atoms with Crippen molar-refractivity contribution in [1.29, 1.82) is 0 Å². The molecule has 1 aromatic heterocycles. The van der Waals surface area contributed by atoms with Crippen LogP contribution in [0, 0.1) is 5.92 Å². The Hall–Kier alpha value is -2.34. The van der Waals surface area contributed by atoms with Gasteiger partial charge in [0, 0.05) is 58.7 Å². The number of carboxylic acid groups (broad SMARTS) is 1. The second kappa shape index (κ2) is 11.7. The number of hydrogen-bond donors (Lipinski definition) is 1. The van der Waals surface area contributed by atoms with Gasteiger partial charge in [0.2, 0.25) is 0 Å². The Morgan fingerprint density at radius 3 is 2.55 bits per heavy atom. The molecule has 33 heavy (non-hydrogen) atoms. The highest BCUT2D eigenvalue weighted by Crippen LogP contribution is 2.31. The van der Waals surface area contributed by atoms with Crippen LogP contribution in [0.5, 0.6) is 0 Å². The lowest BCUT2D eigenvalue weighted by molar-refractivity contribution is -0.137. The van der Waals surface area contributed by atoms with Gasteiger partial charge in [-0.2, -0.15) is 0 Å². The van der Waals surface area contributed by atoms with Crippen molar-refractivity contribution in [2.45, 2.75) is 45.6 Å². The van der Waals surface area contributed by atoms with E-state index in [0.29, 0.717) is 28.8 Å². The molecule has 1 N–H and O–H groups in total. The fourth-order valence-electron chi connectivity index (χ4n) is 4.18. The van der Waals surface area contributed by atoms with Crippen LogP contribution in [-0.4, -0.2) is 28.0 Å². The highest BCUT2D eigenvalue weighted by Gasteiger charge is 2.23. The lowest BCUT2D eigenvalue weighted by Crippen LogP contribution is -2.12. The molecule has 0 aliphatic rings. The van der Waals surface area contributed by atoms with E-state index in [1.54, 1.807) is 6.92 Å². The van der Waals surface area contributed by atoms with E-state index in [0.717, 1.165) is 41.4 Å². The third-order valence-corrected chi connectivity index (χ3v) is 6.20. The number of carbonyl (C=O) groups excluding carboxylic acids is 1. The van der Waals surface area contributed by atoms with Crippen molar-refractivity contribution < 1.29 is 19.4 Å². The summed E-state index contributed by atoms with van der Waals surface area (Å²) in [6.07, 6.45) is 2.59. The number of aliphatic carboxylic acids is 1. The van der Waals surface area contributed by atoms with Gasteiger partial charge in [-0.25, -0.2) is 0 Å². The molecule has 0 aliphatic carbocycles. The summed E-state index contributed by atoms with van der Waals surface area (Å²) >= 11 is 12.2. The predicted octanol–water partition coefficient (Wildman–Crippen LogP) is 6.71. The summed E-state index contributed by atoms with van der Waals surface area (Å²) in [7, 11) is 1.96. The van der Waals surface area contributed by atoms with Crippen LogP contribution in [0.15, 0.2) is 42.5 Å². The summed E-state index contributed by atoms with van der Waals surface area (Å²) in [6.45, 7) is 2.92. The molecule has 2 aromatic carbocycles. The maximum absolute atomic E-state index is 13.2. The number of fused-ring (bicyclic) bond motifs is 1. The Bertz CT molecular complexity index is 1140. The number of carboxylic acids is 1. The Morgan fingerprint density at radius 1 is 1.06 bits per heavy atom. The number of rotatable bonds is 12. The fraction of sp³-hybridized carbons (Fsp3) is 0.385. The van der Waals surface area contributed by atoms with Crippen LogP contribution in [0.1, 0.15) is 54.2 Å². The molecular formula is C26H29Cl2NO4. The van der Waals surface area contributed by atoms with Gasteiger partial charge in [-0.3, -0.25) is 9.59 Å². The van der Waals surface area contributed by atoms with Gasteiger partial charge in [0.25, 0.3) is 0 Å². The Balaban J connectivity index is 1.68. The van der Waals surface area contributed by atoms with Crippen molar-refractivity contribution in [2.24, 2.45) is 13.0 Å². The molecule has 3 rings (SSSR count). The van der Waals surface area contributed by atoms with E-state index in [2.05, 4.69) is 0 Å². The molecule has 176 valence electrons. The molecule has 5 nitrogen and oxygen atoms in total. The summed E-state index contributed by atoms with van der Waals surface area (Å²) in [4.78, 5) is 24.3. The predicted molar refractivity (Wildman–Crippen MR) is 132 cm³/mol. The molecule has 3 aromatic rings. The van der Waals surface area contributed by atoms with Crippen molar-refractivity contribution in [1.82, 2.24) is 4.57 Å². The van der Waals surface area contributed by atoms with Crippen molar-refractivity contribution in [3.63, 3.8) is 0 Å². The lowest BCUT2D eigenvalue weighted by Gasteiger charge is -2.11. The number of nitrogens with zero attached hydrogens (tertiary/aromatic N) is 1. The lowest BCUT2D eigenvalue weighted by atomic mass is 9.94. The molecular weight excluding hydrogens is 461 g/mol. The van der Waals surface area contributed by atoms with E-state index in [1.165, 1.54) is 0 Å². The van der Waals surface area contributed by atoms with E-state index in [4.69, 9.17) is 33.0 Å². The average molecular weight is 490 g/mol. The van der Waals surface area contributed by atoms with Crippen LogP contribution in [0.3, 0.4) is 0 Å². The summed E-state index contributed by atoms with van der Waals surface area (Å²) < 4.78 is 7.83. The Morgan fingerprint density at radius 2 is 1.82 bits per heavy atom. The highest BCUT2D eigenvalue weighted by molar-refractivity contribution is 6.31. The zero-order chi connectivity index (χ0) is 24.0.